The van der Waals surface area contributed by atoms with Gasteiger partial charge in [0.15, 0.2) is 0 Å². The average Bonchev–Trinajstić information content (AvgIpc) is 2.04. The summed E-state index contributed by atoms with van der Waals surface area (Å²) in [6.45, 7) is 1.86. The van der Waals surface area contributed by atoms with Crippen LogP contribution in [0.1, 0.15) is 12.8 Å². The minimum absolute atomic E-state index is 0.0920. The van der Waals surface area contributed by atoms with Crippen molar-refractivity contribution in [1.29, 1.82) is 0 Å². The van der Waals surface area contributed by atoms with Gasteiger partial charge in [-0.15, -0.1) is 0 Å². The number of hydrogen-bond acceptors (Lipinski definition) is 3. The Labute approximate surface area is 65.0 Å². The molecule has 0 unspecified atom stereocenters. The summed E-state index contributed by atoms with van der Waals surface area (Å²) in [6.07, 6.45) is 1.39. The van der Waals surface area contributed by atoms with E-state index < -0.39 is 0 Å². The van der Waals surface area contributed by atoms with Gasteiger partial charge in [0.2, 0.25) is 0 Å². The third-order valence-electron chi connectivity index (χ3n) is 2.09. The number of rotatable bonds is 0. The summed E-state index contributed by atoms with van der Waals surface area (Å²) >= 11 is 0. The predicted octanol–water partition coefficient (Wildman–Crippen LogP) is 0.650. The molecule has 2 aliphatic rings. The summed E-state index contributed by atoms with van der Waals surface area (Å²) in [6, 6.07) is 0. The zero-order chi connectivity index (χ0) is 7.68. The highest BCUT2D eigenvalue weighted by Crippen LogP contribution is 2.23. The Balaban J connectivity index is 2.18. The molecule has 11 heavy (non-hydrogen) atoms. The van der Waals surface area contributed by atoms with Crippen LogP contribution in [0.3, 0.4) is 0 Å². The van der Waals surface area contributed by atoms with Crippen molar-refractivity contribution in [3.05, 3.63) is 11.1 Å². The van der Waals surface area contributed by atoms with Gasteiger partial charge in [0.1, 0.15) is 6.61 Å². The molecule has 0 saturated heterocycles. The molecule has 0 spiro atoms. The number of carbonyl (C=O) groups is 1. The highest BCUT2D eigenvalue weighted by molar-refractivity contribution is 5.74. The monoisotopic (exact) mass is 154 g/mol. The Bertz CT molecular complexity index is 217. The lowest BCUT2D eigenvalue weighted by molar-refractivity contribution is -0.143. The number of esters is 1. The lowest BCUT2D eigenvalue weighted by Gasteiger charge is -2.24. The molecule has 0 N–H and O–H groups in total. The van der Waals surface area contributed by atoms with E-state index in [9.17, 15) is 4.79 Å². The Morgan fingerprint density at radius 1 is 1.18 bits per heavy atom. The molecule has 3 heteroatoms. The predicted molar refractivity (Wildman–Crippen MR) is 38.0 cm³/mol. The van der Waals surface area contributed by atoms with Gasteiger partial charge < -0.3 is 9.47 Å². The van der Waals surface area contributed by atoms with Crippen molar-refractivity contribution < 1.29 is 14.3 Å². The molecular weight excluding hydrogens is 144 g/mol. The fraction of sp³-hybridized carbons (Fsp3) is 0.625. The molecule has 2 aliphatic heterocycles. The smallest absolute Gasteiger partial charge is 0.310 e. The quantitative estimate of drug-likeness (QED) is 0.379. The van der Waals surface area contributed by atoms with Gasteiger partial charge in [-0.3, -0.25) is 4.79 Å². The topological polar surface area (TPSA) is 35.5 Å². The molecule has 2 heterocycles. The Hall–Kier alpha value is -0.830. The van der Waals surface area contributed by atoms with Crippen molar-refractivity contribution >= 4 is 5.97 Å². The molecule has 0 amide bonds. The van der Waals surface area contributed by atoms with E-state index in [1.54, 1.807) is 0 Å². The molecule has 0 bridgehead atoms. The Morgan fingerprint density at radius 2 is 2.09 bits per heavy atom. The summed E-state index contributed by atoms with van der Waals surface area (Å²) in [5.41, 5.74) is 2.42. The van der Waals surface area contributed by atoms with Crippen molar-refractivity contribution in [2.45, 2.75) is 12.8 Å². The maximum atomic E-state index is 10.8. The molecule has 0 radical (unpaired) electrons. The normalized spacial score (nSPS) is 24.5. The lowest BCUT2D eigenvalue weighted by Crippen LogP contribution is -2.23. The molecule has 2 rings (SSSR count). The van der Waals surface area contributed by atoms with Crippen LogP contribution in [0.4, 0.5) is 0 Å². The van der Waals surface area contributed by atoms with E-state index in [1.165, 1.54) is 11.1 Å². The van der Waals surface area contributed by atoms with Gasteiger partial charge in [-0.2, -0.15) is 0 Å². The van der Waals surface area contributed by atoms with Crippen LogP contribution in [-0.2, 0) is 14.3 Å². The molecule has 60 valence electrons. The van der Waals surface area contributed by atoms with Crippen LogP contribution < -0.4 is 0 Å². The van der Waals surface area contributed by atoms with Crippen LogP contribution in [0, 0.1) is 0 Å². The SMILES string of the molecule is O=C1CC2=C(COCC2)CO1. The number of cyclic esters (lactones) is 1. The van der Waals surface area contributed by atoms with Crippen LogP contribution in [-0.4, -0.2) is 25.8 Å². The maximum absolute atomic E-state index is 10.8. The van der Waals surface area contributed by atoms with Crippen molar-refractivity contribution in [2.75, 3.05) is 19.8 Å². The van der Waals surface area contributed by atoms with Crippen molar-refractivity contribution in [2.24, 2.45) is 0 Å². The third kappa shape index (κ3) is 1.28. The molecule has 3 nitrogen and oxygen atoms in total. The van der Waals surface area contributed by atoms with E-state index in [1.807, 2.05) is 0 Å². The van der Waals surface area contributed by atoms with Crippen LogP contribution in [0.25, 0.3) is 0 Å². The van der Waals surface area contributed by atoms with E-state index in [4.69, 9.17) is 9.47 Å². The molecule has 0 aromatic rings. The third-order valence-corrected chi connectivity index (χ3v) is 2.09. The minimum atomic E-state index is -0.0920. The van der Waals surface area contributed by atoms with Crippen molar-refractivity contribution in [1.82, 2.24) is 0 Å². The molecule has 0 aromatic carbocycles. The summed E-state index contributed by atoms with van der Waals surface area (Å²) < 4.78 is 10.1. The average molecular weight is 154 g/mol. The fourth-order valence-corrected chi connectivity index (χ4v) is 1.42. The van der Waals surface area contributed by atoms with E-state index in [0.29, 0.717) is 19.6 Å². The second kappa shape index (κ2) is 2.66. The minimum Gasteiger partial charge on any atom is -0.461 e. The molecule has 0 saturated carbocycles. The van der Waals surface area contributed by atoms with Gasteiger partial charge in [-0.05, 0) is 12.0 Å². The van der Waals surface area contributed by atoms with E-state index >= 15 is 0 Å². The molecule has 0 aromatic heterocycles. The van der Waals surface area contributed by atoms with Gasteiger partial charge >= 0.3 is 5.97 Å². The molecule has 0 fully saturated rings. The first-order valence-electron chi connectivity index (χ1n) is 3.79. The summed E-state index contributed by atoms with van der Waals surface area (Å²) in [5.74, 6) is -0.0920. The Morgan fingerprint density at radius 3 is 3.00 bits per heavy atom. The van der Waals surface area contributed by atoms with E-state index in [0.717, 1.165) is 13.0 Å². The zero-order valence-corrected chi connectivity index (χ0v) is 6.26. The number of carbonyl (C=O) groups excluding carboxylic acids is 1. The summed E-state index contributed by atoms with van der Waals surface area (Å²) in [5, 5.41) is 0. The van der Waals surface area contributed by atoms with E-state index in [2.05, 4.69) is 0 Å². The zero-order valence-electron chi connectivity index (χ0n) is 6.26. The highest BCUT2D eigenvalue weighted by atomic mass is 16.5. The van der Waals surface area contributed by atoms with Crippen molar-refractivity contribution in [3.63, 3.8) is 0 Å². The number of hydrogen-bond donors (Lipinski definition) is 0. The van der Waals surface area contributed by atoms with Gasteiger partial charge in [0, 0.05) is 0 Å². The summed E-state index contributed by atoms with van der Waals surface area (Å²) in [7, 11) is 0. The lowest BCUT2D eigenvalue weighted by atomic mass is 9.99. The first-order chi connectivity index (χ1) is 5.36. The number of ether oxygens (including phenoxy) is 2. The second-order valence-corrected chi connectivity index (χ2v) is 2.85. The molecule has 0 aliphatic carbocycles. The first kappa shape index (κ1) is 6.85. The Kier molecular flexibility index (Phi) is 1.66. The van der Waals surface area contributed by atoms with Crippen LogP contribution in [0.5, 0.6) is 0 Å². The van der Waals surface area contributed by atoms with Gasteiger partial charge in [0.25, 0.3) is 0 Å². The van der Waals surface area contributed by atoms with Gasteiger partial charge in [-0.1, -0.05) is 5.57 Å². The maximum Gasteiger partial charge on any atom is 0.310 e. The standard InChI is InChI=1S/C8H10O3/c9-8-3-6-1-2-10-4-7(6)5-11-8/h1-5H2. The van der Waals surface area contributed by atoms with E-state index in [-0.39, 0.29) is 5.97 Å². The van der Waals surface area contributed by atoms with Crippen LogP contribution >= 0.6 is 0 Å². The largest absolute Gasteiger partial charge is 0.461 e. The van der Waals surface area contributed by atoms with Crippen molar-refractivity contribution in [3.8, 4) is 0 Å². The highest BCUT2D eigenvalue weighted by Gasteiger charge is 2.21. The van der Waals surface area contributed by atoms with Gasteiger partial charge in [0.05, 0.1) is 19.6 Å². The fourth-order valence-electron chi connectivity index (χ4n) is 1.42. The van der Waals surface area contributed by atoms with Crippen LogP contribution in [0.2, 0.25) is 0 Å². The first-order valence-corrected chi connectivity index (χ1v) is 3.79. The van der Waals surface area contributed by atoms with Gasteiger partial charge in [-0.25, -0.2) is 0 Å². The molecule has 0 atom stereocenters. The summed E-state index contributed by atoms with van der Waals surface area (Å²) in [4.78, 5) is 10.8. The molecular formula is C8H10O3. The second-order valence-electron chi connectivity index (χ2n) is 2.85. The van der Waals surface area contributed by atoms with Crippen LogP contribution in [0.15, 0.2) is 11.1 Å².